The first-order valence-electron chi connectivity index (χ1n) is 7.03. The largest absolute Gasteiger partial charge is 0.378 e. The number of hydrogen-bond acceptors (Lipinski definition) is 3. The molecular weight excluding hydrogens is 226 g/mol. The van der Waals surface area contributed by atoms with Crippen LogP contribution >= 0.6 is 0 Å². The summed E-state index contributed by atoms with van der Waals surface area (Å²) >= 11 is 0. The van der Waals surface area contributed by atoms with Crippen molar-refractivity contribution in [1.82, 2.24) is 9.78 Å². The van der Waals surface area contributed by atoms with E-state index in [4.69, 9.17) is 10.5 Å². The minimum absolute atomic E-state index is 0.312. The summed E-state index contributed by atoms with van der Waals surface area (Å²) in [6.45, 7) is 2.90. The third-order valence-corrected chi connectivity index (χ3v) is 3.92. The van der Waals surface area contributed by atoms with Crippen LogP contribution in [-0.2, 0) is 18.2 Å². The van der Waals surface area contributed by atoms with Crippen LogP contribution in [0.3, 0.4) is 0 Å². The Labute approximate surface area is 110 Å². The lowest BCUT2D eigenvalue weighted by molar-refractivity contribution is -0.0282. The van der Waals surface area contributed by atoms with Crippen molar-refractivity contribution in [3.05, 3.63) is 18.0 Å². The molecule has 1 aliphatic carbocycles. The van der Waals surface area contributed by atoms with Crippen molar-refractivity contribution in [2.45, 2.75) is 51.2 Å². The molecule has 2 N–H and O–H groups in total. The van der Waals surface area contributed by atoms with Crippen molar-refractivity contribution in [3.8, 4) is 0 Å². The molecule has 0 radical (unpaired) electrons. The Balaban J connectivity index is 1.62. The molecule has 1 aromatic rings. The summed E-state index contributed by atoms with van der Waals surface area (Å²) in [4.78, 5) is 0. The Morgan fingerprint density at radius 1 is 1.56 bits per heavy atom. The average Bonchev–Trinajstić information content (AvgIpc) is 2.69. The van der Waals surface area contributed by atoms with Crippen molar-refractivity contribution in [2.75, 3.05) is 6.61 Å². The zero-order chi connectivity index (χ0) is 13.0. The molecule has 1 atom stereocenters. The zero-order valence-electron chi connectivity index (χ0n) is 11.5. The normalized spacial score (nSPS) is 24.8. The van der Waals surface area contributed by atoms with Gasteiger partial charge in [0.1, 0.15) is 0 Å². The number of nitrogens with two attached hydrogens (primary N) is 1. The van der Waals surface area contributed by atoms with E-state index in [9.17, 15) is 0 Å². The standard InChI is InChI=1S/C14H25N3O/c1-3-18-14-9-11(10-14)8-12(15)4-5-13-6-7-16-17(13)2/h6-7,11-12,14H,3-5,8-10,15H2,1-2H3. The van der Waals surface area contributed by atoms with Gasteiger partial charge in [-0.15, -0.1) is 0 Å². The first-order chi connectivity index (χ1) is 8.69. The van der Waals surface area contributed by atoms with E-state index in [0.29, 0.717) is 12.1 Å². The maximum Gasteiger partial charge on any atom is 0.0580 e. The van der Waals surface area contributed by atoms with E-state index in [1.54, 1.807) is 0 Å². The van der Waals surface area contributed by atoms with Crippen molar-refractivity contribution < 1.29 is 4.74 Å². The van der Waals surface area contributed by atoms with Crippen LogP contribution < -0.4 is 5.73 Å². The molecule has 0 saturated heterocycles. The van der Waals surface area contributed by atoms with Gasteiger partial charge in [0, 0.05) is 31.6 Å². The molecule has 4 nitrogen and oxygen atoms in total. The third-order valence-electron chi connectivity index (χ3n) is 3.92. The Kier molecular flexibility index (Phi) is 4.78. The Morgan fingerprint density at radius 2 is 2.33 bits per heavy atom. The van der Waals surface area contributed by atoms with Crippen LogP contribution in [0.1, 0.15) is 38.3 Å². The second kappa shape index (κ2) is 6.34. The Morgan fingerprint density at radius 3 is 2.94 bits per heavy atom. The van der Waals surface area contributed by atoms with Crippen LogP contribution in [0.25, 0.3) is 0 Å². The van der Waals surface area contributed by atoms with Crippen molar-refractivity contribution in [2.24, 2.45) is 18.7 Å². The van der Waals surface area contributed by atoms with Crippen molar-refractivity contribution in [3.63, 3.8) is 0 Å². The number of ether oxygens (including phenoxy) is 1. The molecule has 4 heteroatoms. The number of aromatic nitrogens is 2. The molecule has 0 aliphatic heterocycles. The summed E-state index contributed by atoms with van der Waals surface area (Å²) in [7, 11) is 1.99. The highest BCUT2D eigenvalue weighted by Gasteiger charge is 2.30. The molecule has 1 unspecified atom stereocenters. The second-order valence-electron chi connectivity index (χ2n) is 5.40. The summed E-state index contributed by atoms with van der Waals surface area (Å²) < 4.78 is 7.50. The molecule has 18 heavy (non-hydrogen) atoms. The molecule has 1 fully saturated rings. The quantitative estimate of drug-likeness (QED) is 0.805. The van der Waals surface area contributed by atoms with Gasteiger partial charge in [0.2, 0.25) is 0 Å². The van der Waals surface area contributed by atoms with Gasteiger partial charge in [-0.05, 0) is 51.0 Å². The smallest absolute Gasteiger partial charge is 0.0580 e. The van der Waals surface area contributed by atoms with Gasteiger partial charge in [-0.1, -0.05) is 0 Å². The number of aryl methyl sites for hydroxylation is 2. The summed E-state index contributed by atoms with van der Waals surface area (Å²) in [5.74, 6) is 0.781. The van der Waals surface area contributed by atoms with E-state index in [2.05, 4.69) is 18.1 Å². The van der Waals surface area contributed by atoms with Gasteiger partial charge in [0.05, 0.1) is 6.10 Å². The lowest BCUT2D eigenvalue weighted by Crippen LogP contribution is -2.36. The summed E-state index contributed by atoms with van der Waals surface area (Å²) in [5, 5.41) is 4.17. The maximum atomic E-state index is 6.20. The number of hydrogen-bond donors (Lipinski definition) is 1. The number of rotatable bonds is 7. The van der Waals surface area contributed by atoms with Gasteiger partial charge in [-0.3, -0.25) is 4.68 Å². The first kappa shape index (κ1) is 13.6. The van der Waals surface area contributed by atoms with Crippen LogP contribution in [0.4, 0.5) is 0 Å². The molecule has 0 bridgehead atoms. The molecule has 1 aliphatic rings. The minimum Gasteiger partial charge on any atom is -0.378 e. The number of nitrogens with zero attached hydrogens (tertiary/aromatic N) is 2. The predicted octanol–water partition coefficient (Wildman–Crippen LogP) is 1.89. The fraction of sp³-hybridized carbons (Fsp3) is 0.786. The summed E-state index contributed by atoms with van der Waals surface area (Å²) in [6, 6.07) is 2.38. The molecule has 1 heterocycles. The molecule has 1 aromatic heterocycles. The minimum atomic E-state index is 0.312. The fourth-order valence-corrected chi connectivity index (χ4v) is 2.76. The lowest BCUT2D eigenvalue weighted by Gasteiger charge is -2.36. The molecule has 0 spiro atoms. The van der Waals surface area contributed by atoms with Gasteiger partial charge in [0.15, 0.2) is 0 Å². The van der Waals surface area contributed by atoms with Crippen LogP contribution in [0.5, 0.6) is 0 Å². The highest BCUT2D eigenvalue weighted by atomic mass is 16.5. The van der Waals surface area contributed by atoms with Crippen LogP contribution in [0, 0.1) is 5.92 Å². The van der Waals surface area contributed by atoms with Crippen LogP contribution in [-0.4, -0.2) is 28.5 Å². The van der Waals surface area contributed by atoms with Gasteiger partial charge in [-0.25, -0.2) is 0 Å². The second-order valence-corrected chi connectivity index (χ2v) is 5.40. The maximum absolute atomic E-state index is 6.20. The third kappa shape index (κ3) is 3.56. The molecule has 0 amide bonds. The topological polar surface area (TPSA) is 53.1 Å². The van der Waals surface area contributed by atoms with Crippen LogP contribution in [0.2, 0.25) is 0 Å². The van der Waals surface area contributed by atoms with Crippen molar-refractivity contribution in [1.29, 1.82) is 0 Å². The van der Waals surface area contributed by atoms with E-state index in [1.165, 1.54) is 18.5 Å². The fourth-order valence-electron chi connectivity index (χ4n) is 2.76. The zero-order valence-corrected chi connectivity index (χ0v) is 11.5. The molecule has 102 valence electrons. The van der Waals surface area contributed by atoms with Gasteiger partial charge < -0.3 is 10.5 Å². The van der Waals surface area contributed by atoms with Crippen molar-refractivity contribution >= 4 is 0 Å². The molecular formula is C14H25N3O. The van der Waals surface area contributed by atoms with E-state index >= 15 is 0 Å². The van der Waals surface area contributed by atoms with Gasteiger partial charge >= 0.3 is 0 Å². The lowest BCUT2D eigenvalue weighted by atomic mass is 9.77. The highest BCUT2D eigenvalue weighted by molar-refractivity contribution is 5.00. The monoisotopic (exact) mass is 251 g/mol. The average molecular weight is 251 g/mol. The van der Waals surface area contributed by atoms with Crippen LogP contribution in [0.15, 0.2) is 12.3 Å². The van der Waals surface area contributed by atoms with E-state index in [0.717, 1.165) is 31.8 Å². The van der Waals surface area contributed by atoms with E-state index < -0.39 is 0 Å². The SMILES string of the molecule is CCOC1CC(CC(N)CCc2ccnn2C)C1. The first-order valence-corrected chi connectivity index (χ1v) is 7.03. The van der Waals surface area contributed by atoms with Gasteiger partial charge in [-0.2, -0.15) is 5.10 Å². The highest BCUT2D eigenvalue weighted by Crippen LogP contribution is 2.33. The van der Waals surface area contributed by atoms with E-state index in [1.807, 2.05) is 17.9 Å². The summed E-state index contributed by atoms with van der Waals surface area (Å²) in [6.07, 6.45) is 7.97. The molecule has 0 aromatic carbocycles. The summed E-state index contributed by atoms with van der Waals surface area (Å²) in [5.41, 5.74) is 7.47. The Bertz CT molecular complexity index is 358. The Hall–Kier alpha value is -0.870. The van der Waals surface area contributed by atoms with E-state index in [-0.39, 0.29) is 0 Å². The molecule has 2 rings (SSSR count). The predicted molar refractivity (Wildman–Crippen MR) is 72.3 cm³/mol. The van der Waals surface area contributed by atoms with Gasteiger partial charge in [0.25, 0.3) is 0 Å². The molecule has 1 saturated carbocycles.